The molecule has 1 aliphatic heterocycles. The number of rotatable bonds is 4. The van der Waals surface area contributed by atoms with Gasteiger partial charge in [-0.25, -0.2) is 4.98 Å². The molecule has 0 bridgehead atoms. The fourth-order valence-electron chi connectivity index (χ4n) is 2.75. The van der Waals surface area contributed by atoms with Gasteiger partial charge in [-0.05, 0) is 47.2 Å². The normalized spacial score (nSPS) is 15.7. The molecule has 4 nitrogen and oxygen atoms in total. The Kier molecular flexibility index (Phi) is 6.12. The average Bonchev–Trinajstić information content (AvgIpc) is 3.05. The third-order valence-electron chi connectivity index (χ3n) is 4.11. The van der Waals surface area contributed by atoms with Crippen molar-refractivity contribution in [3.05, 3.63) is 48.4 Å². The minimum atomic E-state index is 0.0727. The molecule has 0 unspecified atom stereocenters. The lowest BCUT2D eigenvalue weighted by molar-refractivity contribution is 0.0626. The molecule has 128 valence electrons. The molecule has 0 spiro atoms. The van der Waals surface area contributed by atoms with E-state index < -0.39 is 0 Å². The van der Waals surface area contributed by atoms with Gasteiger partial charge >= 0.3 is 0 Å². The smallest absolute Gasteiger partial charge is 0.255 e. The Balaban J connectivity index is 1.58. The van der Waals surface area contributed by atoms with Gasteiger partial charge in [0, 0.05) is 46.7 Å². The lowest BCUT2D eigenvalue weighted by Gasteiger charge is -2.34. The van der Waals surface area contributed by atoms with Gasteiger partial charge < -0.3 is 4.90 Å². The van der Waals surface area contributed by atoms with Gasteiger partial charge in [-0.15, -0.1) is 11.3 Å². The fourth-order valence-corrected chi connectivity index (χ4v) is 4.23. The predicted octanol–water partition coefficient (Wildman–Crippen LogP) is 3.92. The molecule has 0 N–H and O–H groups in total. The highest BCUT2D eigenvalue weighted by Crippen LogP contribution is 2.21. The number of amides is 1. The molecule has 0 radical (unpaired) electrons. The maximum Gasteiger partial charge on any atom is 0.255 e. The van der Waals surface area contributed by atoms with Crippen molar-refractivity contribution in [3.8, 4) is 0 Å². The maximum atomic E-state index is 12.7. The van der Waals surface area contributed by atoms with E-state index in [0.29, 0.717) is 10.6 Å². The molecule has 1 fully saturated rings. The number of thiazole rings is 1. The van der Waals surface area contributed by atoms with Crippen LogP contribution in [0.5, 0.6) is 0 Å². The average molecular weight is 476 g/mol. The molecule has 2 heterocycles. The summed E-state index contributed by atoms with van der Waals surface area (Å²) in [6.45, 7) is 6.24. The number of benzene rings is 1. The fraction of sp³-hybridized carbons (Fsp3) is 0.412. The van der Waals surface area contributed by atoms with Gasteiger partial charge in [-0.3, -0.25) is 9.69 Å². The van der Waals surface area contributed by atoms with Crippen molar-refractivity contribution in [2.45, 2.75) is 19.9 Å². The first-order chi connectivity index (χ1) is 11.6. The Morgan fingerprint density at radius 1 is 1.33 bits per heavy atom. The minimum absolute atomic E-state index is 0.0727. The van der Waals surface area contributed by atoms with Crippen LogP contribution in [-0.4, -0.2) is 46.9 Å². The summed E-state index contributed by atoms with van der Waals surface area (Å²) in [6, 6.07) is 5.47. The summed E-state index contributed by atoms with van der Waals surface area (Å²) in [5.41, 5.74) is 1.84. The van der Waals surface area contributed by atoms with Crippen LogP contribution in [0.4, 0.5) is 0 Å². The number of hydrogen-bond donors (Lipinski definition) is 0. The summed E-state index contributed by atoms with van der Waals surface area (Å²) in [7, 11) is 0. The van der Waals surface area contributed by atoms with Gasteiger partial charge in [0.05, 0.1) is 16.3 Å². The minimum Gasteiger partial charge on any atom is -0.336 e. The summed E-state index contributed by atoms with van der Waals surface area (Å²) in [6.07, 6.45) is 0.991. The van der Waals surface area contributed by atoms with Gasteiger partial charge in [0.1, 0.15) is 0 Å². The lowest BCUT2D eigenvalue weighted by Crippen LogP contribution is -2.48. The number of halogens is 2. The molecule has 0 saturated carbocycles. The molecule has 1 aromatic heterocycles. The summed E-state index contributed by atoms with van der Waals surface area (Å²) in [4.78, 5) is 21.6. The van der Waals surface area contributed by atoms with Gasteiger partial charge in [-0.2, -0.15) is 0 Å². The topological polar surface area (TPSA) is 36.4 Å². The van der Waals surface area contributed by atoms with Crippen LogP contribution < -0.4 is 0 Å². The highest BCUT2D eigenvalue weighted by molar-refractivity contribution is 14.1. The van der Waals surface area contributed by atoms with Crippen LogP contribution in [0.15, 0.2) is 23.6 Å². The molecule has 7 heteroatoms. The Hall–Kier alpha value is -0.700. The van der Waals surface area contributed by atoms with E-state index >= 15 is 0 Å². The van der Waals surface area contributed by atoms with Crippen molar-refractivity contribution < 1.29 is 4.79 Å². The molecule has 0 aliphatic carbocycles. The Morgan fingerprint density at radius 3 is 2.75 bits per heavy atom. The van der Waals surface area contributed by atoms with Crippen LogP contribution in [-0.2, 0) is 13.0 Å². The number of aryl methyl sites for hydroxylation is 1. The summed E-state index contributed by atoms with van der Waals surface area (Å²) < 4.78 is 0.944. The molecule has 3 rings (SSSR count). The zero-order valence-electron chi connectivity index (χ0n) is 13.5. The molecule has 1 aliphatic rings. The zero-order chi connectivity index (χ0) is 17.1. The molecule has 2 aromatic rings. The first-order valence-corrected chi connectivity index (χ1v) is 10.3. The van der Waals surface area contributed by atoms with Crippen molar-refractivity contribution >= 4 is 51.4 Å². The molecule has 0 atom stereocenters. The first-order valence-electron chi connectivity index (χ1n) is 7.96. The van der Waals surface area contributed by atoms with Crippen molar-refractivity contribution in [3.63, 3.8) is 0 Å². The second kappa shape index (κ2) is 8.12. The molecule has 24 heavy (non-hydrogen) atoms. The van der Waals surface area contributed by atoms with Crippen molar-refractivity contribution in [1.82, 2.24) is 14.8 Å². The van der Waals surface area contributed by atoms with E-state index in [1.165, 1.54) is 5.01 Å². The third-order valence-corrected chi connectivity index (χ3v) is 6.32. The monoisotopic (exact) mass is 475 g/mol. The van der Waals surface area contributed by atoms with E-state index in [2.05, 4.69) is 44.8 Å². The van der Waals surface area contributed by atoms with Crippen LogP contribution in [0.1, 0.15) is 28.0 Å². The summed E-state index contributed by atoms with van der Waals surface area (Å²) in [5, 5.41) is 3.94. The van der Waals surface area contributed by atoms with Crippen LogP contribution in [0.2, 0.25) is 5.02 Å². The van der Waals surface area contributed by atoms with Crippen molar-refractivity contribution in [1.29, 1.82) is 0 Å². The van der Waals surface area contributed by atoms with Crippen LogP contribution >= 0.6 is 45.5 Å². The standard InChI is InChI=1S/C17H19ClIN3OS/c1-2-16-20-13(11-24-16)10-21-5-7-22(8-6-21)17(23)14-9-12(18)3-4-15(14)19/h3-4,9,11H,2,5-8,10H2,1H3. The largest absolute Gasteiger partial charge is 0.336 e. The molecule has 1 saturated heterocycles. The summed E-state index contributed by atoms with van der Waals surface area (Å²) in [5.74, 6) is 0.0727. The van der Waals surface area contributed by atoms with Crippen LogP contribution in [0.25, 0.3) is 0 Å². The van der Waals surface area contributed by atoms with E-state index in [9.17, 15) is 4.79 Å². The molecule has 1 amide bonds. The molecular weight excluding hydrogens is 457 g/mol. The van der Waals surface area contributed by atoms with E-state index in [0.717, 1.165) is 48.4 Å². The van der Waals surface area contributed by atoms with Gasteiger partial charge in [0.15, 0.2) is 0 Å². The van der Waals surface area contributed by atoms with E-state index in [1.807, 2.05) is 17.0 Å². The number of piperazine rings is 1. The maximum absolute atomic E-state index is 12.7. The number of carbonyl (C=O) groups excluding carboxylic acids is 1. The highest BCUT2D eigenvalue weighted by atomic mass is 127. The Bertz CT molecular complexity index is 728. The van der Waals surface area contributed by atoms with Crippen LogP contribution in [0, 0.1) is 3.57 Å². The highest BCUT2D eigenvalue weighted by Gasteiger charge is 2.24. The van der Waals surface area contributed by atoms with E-state index in [-0.39, 0.29) is 5.91 Å². The van der Waals surface area contributed by atoms with Crippen molar-refractivity contribution in [2.75, 3.05) is 26.2 Å². The predicted molar refractivity (Wildman–Crippen MR) is 107 cm³/mol. The lowest BCUT2D eigenvalue weighted by atomic mass is 10.2. The van der Waals surface area contributed by atoms with Crippen LogP contribution in [0.3, 0.4) is 0 Å². The number of carbonyl (C=O) groups is 1. The van der Waals surface area contributed by atoms with Crippen molar-refractivity contribution in [2.24, 2.45) is 0 Å². The second-order valence-electron chi connectivity index (χ2n) is 5.78. The number of hydrogen-bond acceptors (Lipinski definition) is 4. The summed E-state index contributed by atoms with van der Waals surface area (Å²) >= 11 is 9.96. The van der Waals surface area contributed by atoms with Gasteiger partial charge in [0.25, 0.3) is 5.91 Å². The Morgan fingerprint density at radius 2 is 2.08 bits per heavy atom. The SMILES string of the molecule is CCc1nc(CN2CCN(C(=O)c3cc(Cl)ccc3I)CC2)cs1. The zero-order valence-corrected chi connectivity index (χ0v) is 17.2. The van der Waals surface area contributed by atoms with Gasteiger partial charge in [0.2, 0.25) is 0 Å². The number of aromatic nitrogens is 1. The molecule has 1 aromatic carbocycles. The number of nitrogens with zero attached hydrogens (tertiary/aromatic N) is 3. The van der Waals surface area contributed by atoms with Gasteiger partial charge in [-0.1, -0.05) is 18.5 Å². The second-order valence-corrected chi connectivity index (χ2v) is 8.32. The first kappa shape index (κ1) is 18.1. The third kappa shape index (κ3) is 4.28. The van der Waals surface area contributed by atoms with E-state index in [1.54, 1.807) is 17.4 Å². The van der Waals surface area contributed by atoms with E-state index in [4.69, 9.17) is 11.6 Å². The molecular formula is C17H19ClIN3OS. The quantitative estimate of drug-likeness (QED) is 0.629. The Labute approximate surface area is 165 Å².